The lowest BCUT2D eigenvalue weighted by Crippen LogP contribution is -2.47. The Bertz CT molecular complexity index is 666. The van der Waals surface area contributed by atoms with E-state index in [1.807, 2.05) is 37.2 Å². The minimum absolute atomic E-state index is 0.0349. The van der Waals surface area contributed by atoms with Gasteiger partial charge in [0.2, 0.25) is 0 Å². The standard InChI is InChI=1S/C18H26N4OS/c1-13(21(2)3)12-19-18(23)22-11-7-6-9-15(22)17-20-14-8-4-5-10-16(14)24-17/h4-5,8,10,13,15H,6-7,9,11-12H2,1-3H3,(H,19,23)/t13-,15-/m1/s1. The number of amides is 2. The van der Waals surface area contributed by atoms with Gasteiger partial charge < -0.3 is 15.1 Å². The summed E-state index contributed by atoms with van der Waals surface area (Å²) in [4.78, 5) is 21.6. The predicted octanol–water partition coefficient (Wildman–Crippen LogP) is 3.48. The van der Waals surface area contributed by atoms with Crippen molar-refractivity contribution in [3.05, 3.63) is 29.3 Å². The summed E-state index contributed by atoms with van der Waals surface area (Å²) in [5, 5.41) is 4.15. The van der Waals surface area contributed by atoms with Crippen molar-refractivity contribution in [3.8, 4) is 0 Å². The SMILES string of the molecule is C[C@H](CNC(=O)N1CCCC[C@@H]1c1nc2ccccc2s1)N(C)C. The van der Waals surface area contributed by atoms with Crippen LogP contribution >= 0.6 is 11.3 Å². The molecule has 1 N–H and O–H groups in total. The number of hydrogen-bond donors (Lipinski definition) is 1. The number of carbonyl (C=O) groups is 1. The summed E-state index contributed by atoms with van der Waals surface area (Å²) in [5.41, 5.74) is 1.03. The molecule has 3 rings (SSSR count). The molecular formula is C18H26N4OS. The zero-order chi connectivity index (χ0) is 17.1. The van der Waals surface area contributed by atoms with Gasteiger partial charge in [0, 0.05) is 19.1 Å². The van der Waals surface area contributed by atoms with E-state index in [0.717, 1.165) is 36.3 Å². The molecule has 1 fully saturated rings. The summed E-state index contributed by atoms with van der Waals surface area (Å²) in [5.74, 6) is 0. The molecule has 1 aromatic carbocycles. The average molecular weight is 347 g/mol. The Labute approximate surface area is 147 Å². The lowest BCUT2D eigenvalue weighted by molar-refractivity contribution is 0.149. The number of benzene rings is 1. The molecule has 2 heterocycles. The third-order valence-corrected chi connectivity index (χ3v) is 5.93. The number of aromatic nitrogens is 1. The molecule has 2 atom stereocenters. The van der Waals surface area contributed by atoms with Crippen molar-refractivity contribution in [2.45, 2.75) is 38.3 Å². The molecule has 2 aromatic rings. The third-order valence-electron chi connectivity index (χ3n) is 4.79. The van der Waals surface area contributed by atoms with E-state index in [1.54, 1.807) is 11.3 Å². The number of fused-ring (bicyclic) bond motifs is 1. The fourth-order valence-corrected chi connectivity index (χ4v) is 4.10. The molecule has 0 radical (unpaired) electrons. The summed E-state index contributed by atoms with van der Waals surface area (Å²) in [7, 11) is 4.06. The maximum Gasteiger partial charge on any atom is 0.318 e. The number of rotatable bonds is 4. The molecule has 0 saturated carbocycles. The molecule has 5 nitrogen and oxygen atoms in total. The molecule has 0 bridgehead atoms. The third kappa shape index (κ3) is 3.70. The van der Waals surface area contributed by atoms with Crippen molar-refractivity contribution in [1.82, 2.24) is 20.1 Å². The number of carbonyl (C=O) groups excluding carboxylic acids is 1. The molecule has 1 saturated heterocycles. The van der Waals surface area contributed by atoms with Gasteiger partial charge in [0.25, 0.3) is 0 Å². The van der Waals surface area contributed by atoms with Gasteiger partial charge in [0.15, 0.2) is 0 Å². The van der Waals surface area contributed by atoms with Gasteiger partial charge in [0.1, 0.15) is 5.01 Å². The Kier molecular flexibility index (Phi) is 5.36. The highest BCUT2D eigenvalue weighted by Gasteiger charge is 2.30. The van der Waals surface area contributed by atoms with Crippen LogP contribution in [0.15, 0.2) is 24.3 Å². The first-order chi connectivity index (χ1) is 11.6. The fourth-order valence-electron chi connectivity index (χ4n) is 2.98. The largest absolute Gasteiger partial charge is 0.336 e. The second-order valence-electron chi connectivity index (χ2n) is 6.72. The van der Waals surface area contributed by atoms with Gasteiger partial charge in [-0.3, -0.25) is 0 Å². The van der Waals surface area contributed by atoms with Crippen LogP contribution < -0.4 is 5.32 Å². The second-order valence-corrected chi connectivity index (χ2v) is 7.79. The molecule has 24 heavy (non-hydrogen) atoms. The molecule has 0 unspecified atom stereocenters. The molecule has 1 aliphatic heterocycles. The highest BCUT2D eigenvalue weighted by molar-refractivity contribution is 7.18. The minimum Gasteiger partial charge on any atom is -0.336 e. The van der Waals surface area contributed by atoms with Gasteiger partial charge in [0.05, 0.1) is 16.3 Å². The van der Waals surface area contributed by atoms with Crippen LogP contribution in [0.5, 0.6) is 0 Å². The first kappa shape index (κ1) is 17.2. The maximum absolute atomic E-state index is 12.7. The van der Waals surface area contributed by atoms with E-state index in [9.17, 15) is 4.79 Å². The number of thiazole rings is 1. The van der Waals surface area contributed by atoms with Crippen LogP contribution in [-0.4, -0.2) is 54.0 Å². The summed E-state index contributed by atoms with van der Waals surface area (Å²) in [6, 6.07) is 8.65. The van der Waals surface area contributed by atoms with E-state index in [-0.39, 0.29) is 12.1 Å². The Morgan fingerprint density at radius 3 is 2.96 bits per heavy atom. The Morgan fingerprint density at radius 1 is 1.42 bits per heavy atom. The van der Waals surface area contributed by atoms with E-state index in [4.69, 9.17) is 4.98 Å². The lowest BCUT2D eigenvalue weighted by atomic mass is 10.0. The number of para-hydroxylation sites is 1. The van der Waals surface area contributed by atoms with Crippen molar-refractivity contribution >= 4 is 27.6 Å². The number of likely N-dealkylation sites (N-methyl/N-ethyl adjacent to an activating group) is 1. The van der Waals surface area contributed by atoms with Gasteiger partial charge in [-0.15, -0.1) is 11.3 Å². The second kappa shape index (κ2) is 7.49. The zero-order valence-electron chi connectivity index (χ0n) is 14.7. The van der Waals surface area contributed by atoms with E-state index >= 15 is 0 Å². The highest BCUT2D eigenvalue weighted by atomic mass is 32.1. The molecule has 0 aliphatic carbocycles. The van der Waals surface area contributed by atoms with Crippen LogP contribution in [0.25, 0.3) is 10.2 Å². The van der Waals surface area contributed by atoms with Gasteiger partial charge >= 0.3 is 6.03 Å². The van der Waals surface area contributed by atoms with E-state index in [1.165, 1.54) is 4.70 Å². The number of likely N-dealkylation sites (tertiary alicyclic amines) is 1. The van der Waals surface area contributed by atoms with Gasteiger partial charge in [-0.1, -0.05) is 12.1 Å². The zero-order valence-corrected chi connectivity index (χ0v) is 15.5. The molecule has 1 aliphatic rings. The van der Waals surface area contributed by atoms with Crippen molar-refractivity contribution in [3.63, 3.8) is 0 Å². The molecular weight excluding hydrogens is 320 g/mol. The Hall–Kier alpha value is -1.66. The van der Waals surface area contributed by atoms with Crippen LogP contribution in [0.4, 0.5) is 4.79 Å². The molecule has 2 amide bonds. The Balaban J connectivity index is 1.74. The molecule has 6 heteroatoms. The van der Waals surface area contributed by atoms with Crippen LogP contribution in [0, 0.1) is 0 Å². The summed E-state index contributed by atoms with van der Waals surface area (Å²) in [6.07, 6.45) is 3.22. The maximum atomic E-state index is 12.7. The van der Waals surface area contributed by atoms with Crippen LogP contribution in [0.3, 0.4) is 0 Å². The first-order valence-electron chi connectivity index (χ1n) is 8.62. The highest BCUT2D eigenvalue weighted by Crippen LogP contribution is 2.35. The first-order valence-corrected chi connectivity index (χ1v) is 9.44. The van der Waals surface area contributed by atoms with Crippen molar-refractivity contribution in [1.29, 1.82) is 0 Å². The van der Waals surface area contributed by atoms with Crippen LogP contribution in [0.2, 0.25) is 0 Å². The monoisotopic (exact) mass is 346 g/mol. The van der Waals surface area contributed by atoms with Gasteiger partial charge in [-0.05, 0) is 52.4 Å². The van der Waals surface area contributed by atoms with Crippen molar-refractivity contribution in [2.24, 2.45) is 0 Å². The van der Waals surface area contributed by atoms with Crippen LogP contribution in [-0.2, 0) is 0 Å². The van der Waals surface area contributed by atoms with Gasteiger partial charge in [-0.25, -0.2) is 9.78 Å². The summed E-state index contributed by atoms with van der Waals surface area (Å²) in [6.45, 7) is 3.58. The van der Waals surface area contributed by atoms with E-state index < -0.39 is 0 Å². The lowest BCUT2D eigenvalue weighted by Gasteiger charge is -2.35. The topological polar surface area (TPSA) is 48.5 Å². The van der Waals surface area contributed by atoms with Crippen LogP contribution in [0.1, 0.15) is 37.2 Å². The number of piperidine rings is 1. The average Bonchev–Trinajstić information content (AvgIpc) is 3.03. The molecule has 0 spiro atoms. The number of nitrogens with one attached hydrogen (secondary N) is 1. The molecule has 130 valence electrons. The quantitative estimate of drug-likeness (QED) is 0.922. The fraction of sp³-hybridized carbons (Fsp3) is 0.556. The normalized spacial score (nSPS) is 19.7. The predicted molar refractivity (Wildman–Crippen MR) is 99.5 cm³/mol. The Morgan fingerprint density at radius 2 is 2.21 bits per heavy atom. The van der Waals surface area contributed by atoms with E-state index in [0.29, 0.717) is 12.6 Å². The number of urea groups is 1. The van der Waals surface area contributed by atoms with Crippen molar-refractivity contribution in [2.75, 3.05) is 27.2 Å². The molecule has 1 aromatic heterocycles. The van der Waals surface area contributed by atoms with E-state index in [2.05, 4.69) is 23.2 Å². The smallest absolute Gasteiger partial charge is 0.318 e. The summed E-state index contributed by atoms with van der Waals surface area (Å²) < 4.78 is 1.19. The minimum atomic E-state index is 0.0349. The van der Waals surface area contributed by atoms with Crippen molar-refractivity contribution < 1.29 is 4.79 Å². The summed E-state index contributed by atoms with van der Waals surface area (Å²) >= 11 is 1.71. The van der Waals surface area contributed by atoms with Gasteiger partial charge in [-0.2, -0.15) is 0 Å². The number of nitrogens with zero attached hydrogens (tertiary/aromatic N) is 3. The number of hydrogen-bond acceptors (Lipinski definition) is 4.